The maximum atomic E-state index is 12.7. The Morgan fingerprint density at radius 3 is 2.95 bits per heavy atom. The Bertz CT molecular complexity index is 375. The fourth-order valence-corrected chi connectivity index (χ4v) is 3.04. The van der Waals surface area contributed by atoms with E-state index in [1.165, 1.54) is 0 Å². The summed E-state index contributed by atoms with van der Waals surface area (Å²) < 4.78 is 5.41. The van der Waals surface area contributed by atoms with Crippen molar-refractivity contribution < 1.29 is 14.3 Å². The largest absolute Gasteiger partial charge is 0.377 e. The molecule has 2 fully saturated rings. The van der Waals surface area contributed by atoms with Crippen LogP contribution in [0.2, 0.25) is 0 Å². The van der Waals surface area contributed by atoms with Gasteiger partial charge in [-0.2, -0.15) is 0 Å². The van der Waals surface area contributed by atoms with Crippen molar-refractivity contribution >= 4 is 11.8 Å². The Morgan fingerprint density at radius 2 is 2.24 bits per heavy atom. The smallest absolute Gasteiger partial charge is 0.245 e. The first kappa shape index (κ1) is 16.2. The van der Waals surface area contributed by atoms with Gasteiger partial charge in [-0.05, 0) is 32.7 Å². The van der Waals surface area contributed by atoms with Crippen LogP contribution < -0.4 is 10.6 Å². The molecule has 2 aliphatic rings. The number of piperidine rings is 1. The third-order valence-corrected chi connectivity index (χ3v) is 4.24. The van der Waals surface area contributed by atoms with Crippen LogP contribution >= 0.6 is 0 Å². The van der Waals surface area contributed by atoms with Crippen LogP contribution in [0.15, 0.2) is 0 Å². The van der Waals surface area contributed by atoms with Crippen molar-refractivity contribution in [2.24, 2.45) is 5.92 Å². The van der Waals surface area contributed by atoms with Gasteiger partial charge in [0.1, 0.15) is 6.04 Å². The molecule has 21 heavy (non-hydrogen) atoms. The molecule has 120 valence electrons. The topological polar surface area (TPSA) is 70.7 Å². The van der Waals surface area contributed by atoms with Gasteiger partial charge in [-0.25, -0.2) is 0 Å². The molecule has 3 atom stereocenters. The number of morpholine rings is 1. The average molecular weight is 297 g/mol. The highest BCUT2D eigenvalue weighted by Crippen LogP contribution is 2.21. The van der Waals surface area contributed by atoms with Gasteiger partial charge in [-0.3, -0.25) is 9.59 Å². The summed E-state index contributed by atoms with van der Waals surface area (Å²) in [5.74, 6) is 0.0519. The first-order valence-corrected chi connectivity index (χ1v) is 8.02. The van der Waals surface area contributed by atoms with Crippen LogP contribution in [-0.4, -0.2) is 61.6 Å². The van der Waals surface area contributed by atoms with Gasteiger partial charge >= 0.3 is 0 Å². The number of rotatable bonds is 4. The second-order valence-corrected chi connectivity index (χ2v) is 5.99. The first-order chi connectivity index (χ1) is 10.1. The summed E-state index contributed by atoms with van der Waals surface area (Å²) in [4.78, 5) is 26.7. The predicted octanol–water partition coefficient (Wildman–Crippen LogP) is 0.128. The van der Waals surface area contributed by atoms with E-state index in [1.54, 1.807) is 4.90 Å². The minimum atomic E-state index is -0.469. The van der Waals surface area contributed by atoms with E-state index in [0.29, 0.717) is 32.3 Å². The second kappa shape index (κ2) is 7.75. The van der Waals surface area contributed by atoms with E-state index < -0.39 is 6.04 Å². The molecular formula is C15H27N3O3. The summed E-state index contributed by atoms with van der Waals surface area (Å²) in [5.41, 5.74) is 0. The highest BCUT2D eigenvalue weighted by molar-refractivity contribution is 5.89. The van der Waals surface area contributed by atoms with Gasteiger partial charge in [-0.1, -0.05) is 6.92 Å². The van der Waals surface area contributed by atoms with Crippen molar-refractivity contribution in [3.8, 4) is 0 Å². The van der Waals surface area contributed by atoms with Gasteiger partial charge < -0.3 is 20.3 Å². The number of nitrogens with one attached hydrogen (secondary N) is 2. The number of carbonyl (C=O) groups excluding carboxylic acids is 2. The van der Waals surface area contributed by atoms with Crippen LogP contribution in [-0.2, 0) is 14.3 Å². The minimum Gasteiger partial charge on any atom is -0.377 e. The summed E-state index contributed by atoms with van der Waals surface area (Å²) in [7, 11) is 0. The van der Waals surface area contributed by atoms with Crippen LogP contribution in [0, 0.1) is 5.92 Å². The fraction of sp³-hybridized carbons (Fsp3) is 0.867. The number of ether oxygens (including phenoxy) is 1. The molecule has 2 heterocycles. The van der Waals surface area contributed by atoms with Crippen molar-refractivity contribution in [1.82, 2.24) is 15.5 Å². The molecular weight excluding hydrogens is 270 g/mol. The van der Waals surface area contributed by atoms with E-state index in [2.05, 4.69) is 17.6 Å². The van der Waals surface area contributed by atoms with Crippen molar-refractivity contribution in [1.29, 1.82) is 0 Å². The van der Waals surface area contributed by atoms with Crippen molar-refractivity contribution in [3.63, 3.8) is 0 Å². The predicted molar refractivity (Wildman–Crippen MR) is 79.8 cm³/mol. The lowest BCUT2D eigenvalue weighted by atomic mass is 9.91. The van der Waals surface area contributed by atoms with Gasteiger partial charge in [0.05, 0.1) is 13.2 Å². The molecule has 2 saturated heterocycles. The molecule has 2 N–H and O–H groups in total. The number of hydrogen-bond acceptors (Lipinski definition) is 4. The van der Waals surface area contributed by atoms with Crippen LogP contribution in [0.4, 0.5) is 0 Å². The molecule has 0 aromatic heterocycles. The van der Waals surface area contributed by atoms with E-state index in [4.69, 9.17) is 4.74 Å². The Balaban J connectivity index is 2.00. The van der Waals surface area contributed by atoms with Gasteiger partial charge in [0, 0.05) is 25.0 Å². The van der Waals surface area contributed by atoms with E-state index >= 15 is 0 Å². The van der Waals surface area contributed by atoms with E-state index in [9.17, 15) is 9.59 Å². The van der Waals surface area contributed by atoms with Crippen molar-refractivity contribution in [2.75, 3.05) is 32.8 Å². The Morgan fingerprint density at radius 1 is 1.43 bits per heavy atom. The first-order valence-electron chi connectivity index (χ1n) is 8.02. The zero-order chi connectivity index (χ0) is 15.2. The second-order valence-electron chi connectivity index (χ2n) is 5.99. The number of amides is 2. The molecule has 2 rings (SSSR count). The van der Waals surface area contributed by atoms with Crippen LogP contribution in [0.3, 0.4) is 0 Å². The maximum Gasteiger partial charge on any atom is 0.245 e. The van der Waals surface area contributed by atoms with E-state index in [-0.39, 0.29) is 17.7 Å². The van der Waals surface area contributed by atoms with Crippen LogP contribution in [0.5, 0.6) is 0 Å². The third kappa shape index (κ3) is 4.17. The average Bonchev–Trinajstić information content (AvgIpc) is 2.52. The number of hydrogen-bond donors (Lipinski definition) is 2. The molecule has 0 bridgehead atoms. The van der Waals surface area contributed by atoms with E-state index in [1.807, 2.05) is 6.92 Å². The van der Waals surface area contributed by atoms with Crippen molar-refractivity contribution in [3.05, 3.63) is 0 Å². The zero-order valence-electron chi connectivity index (χ0n) is 13.1. The molecule has 0 aliphatic carbocycles. The minimum absolute atomic E-state index is 0.0285. The van der Waals surface area contributed by atoms with Gasteiger partial charge in [-0.15, -0.1) is 0 Å². The maximum absolute atomic E-state index is 12.7. The normalized spacial score (nSPS) is 30.0. The molecule has 6 nitrogen and oxygen atoms in total. The zero-order valence-corrected chi connectivity index (χ0v) is 13.1. The molecule has 0 aromatic carbocycles. The molecule has 0 spiro atoms. The summed E-state index contributed by atoms with van der Waals surface area (Å²) in [5, 5.41) is 6.23. The lowest BCUT2D eigenvalue weighted by Crippen LogP contribution is -2.58. The standard InChI is InChI=1S/C15H27N3O3/c1-3-5-17-14(19)13-10-21-8-7-18(13)15(20)12-4-6-16-11(2)9-12/h11-13,16H,3-10H2,1-2H3,(H,17,19). The number of nitrogens with zero attached hydrogens (tertiary/aromatic N) is 1. The summed E-state index contributed by atoms with van der Waals surface area (Å²) in [6.07, 6.45) is 2.59. The summed E-state index contributed by atoms with van der Waals surface area (Å²) >= 11 is 0. The van der Waals surface area contributed by atoms with Crippen LogP contribution in [0.1, 0.15) is 33.1 Å². The van der Waals surface area contributed by atoms with Crippen molar-refractivity contribution in [2.45, 2.75) is 45.2 Å². The quantitative estimate of drug-likeness (QED) is 0.774. The lowest BCUT2D eigenvalue weighted by molar-refractivity contribution is -0.152. The summed E-state index contributed by atoms with van der Waals surface area (Å²) in [6, 6.07) is -0.107. The fourth-order valence-electron chi connectivity index (χ4n) is 3.04. The van der Waals surface area contributed by atoms with Gasteiger partial charge in [0.15, 0.2) is 0 Å². The van der Waals surface area contributed by atoms with Gasteiger partial charge in [0.2, 0.25) is 11.8 Å². The highest BCUT2D eigenvalue weighted by Gasteiger charge is 2.37. The van der Waals surface area contributed by atoms with Gasteiger partial charge in [0.25, 0.3) is 0 Å². The summed E-state index contributed by atoms with van der Waals surface area (Å²) in [6.45, 7) is 6.96. The molecule has 2 aliphatic heterocycles. The Hall–Kier alpha value is -1.14. The Labute approximate surface area is 126 Å². The van der Waals surface area contributed by atoms with E-state index in [0.717, 1.165) is 25.8 Å². The SMILES string of the molecule is CCCNC(=O)C1COCCN1C(=O)C1CCNC(C)C1. The lowest BCUT2D eigenvalue weighted by Gasteiger charge is -2.38. The highest BCUT2D eigenvalue weighted by atomic mass is 16.5. The third-order valence-electron chi connectivity index (χ3n) is 4.24. The molecule has 6 heteroatoms. The Kier molecular flexibility index (Phi) is 5.99. The molecule has 0 aromatic rings. The molecule has 3 unspecified atom stereocenters. The van der Waals surface area contributed by atoms with Crippen LogP contribution in [0.25, 0.3) is 0 Å². The molecule has 0 saturated carbocycles. The molecule has 0 radical (unpaired) electrons. The molecule has 2 amide bonds. The number of carbonyl (C=O) groups is 2. The monoisotopic (exact) mass is 297 g/mol.